The zero-order chi connectivity index (χ0) is 14.8. The fraction of sp³-hybridized carbons (Fsp3) is 0.857. The van der Waals surface area contributed by atoms with Gasteiger partial charge in [-0.25, -0.2) is 0 Å². The normalized spacial score (nSPS) is 73.0. The fourth-order valence-corrected chi connectivity index (χ4v) is 0.363. The summed E-state index contributed by atoms with van der Waals surface area (Å²) in [5, 5.41) is 0. The summed E-state index contributed by atoms with van der Waals surface area (Å²) in [6, 6.07) is 0. The van der Waals surface area contributed by atoms with Gasteiger partial charge in [0.2, 0.25) is 0 Å². The highest BCUT2D eigenvalue weighted by atomic mass is 16.1. The molecule has 46 valence electrons. The third-order valence-corrected chi connectivity index (χ3v) is 0.716. The van der Waals surface area contributed by atoms with E-state index in [9.17, 15) is 4.79 Å². The van der Waals surface area contributed by atoms with Crippen LogP contribution in [-0.2, 0) is 4.79 Å². The predicted molar refractivity (Wildman–Crippen MR) is 32.6 cm³/mol. The Morgan fingerprint density at radius 2 is 2.00 bits per heavy atom. The summed E-state index contributed by atoms with van der Waals surface area (Å²) >= 11 is 0. The maximum Gasteiger partial charge on any atom is 0.123 e. The van der Waals surface area contributed by atoms with Gasteiger partial charge in [0, 0.05) is 19.6 Å². The standard InChI is InChI=1S/C7H12O/c8-6-7-4-2-1-3-5-7/h6-7H,1-5H2/i1D2,2D2,3D2,4D2,5D2. The van der Waals surface area contributed by atoms with Crippen LogP contribution in [0.15, 0.2) is 0 Å². The van der Waals surface area contributed by atoms with E-state index in [2.05, 4.69) is 0 Å². The van der Waals surface area contributed by atoms with Gasteiger partial charge < -0.3 is 4.79 Å². The Bertz CT molecular complexity index is 342. The lowest BCUT2D eigenvalue weighted by Crippen LogP contribution is -2.06. The molecule has 8 heavy (non-hydrogen) atoms. The first kappa shape index (κ1) is 1.09. The Morgan fingerprint density at radius 1 is 1.38 bits per heavy atom. The van der Waals surface area contributed by atoms with Gasteiger partial charge in [0.1, 0.15) is 6.29 Å². The molecule has 0 bridgehead atoms. The molecule has 1 aliphatic rings. The number of carbonyl (C=O) groups is 1. The molecule has 1 heteroatoms. The maximum absolute atomic E-state index is 10.8. The van der Waals surface area contributed by atoms with Gasteiger partial charge in [0.25, 0.3) is 0 Å². The van der Waals surface area contributed by atoms with Crippen LogP contribution in [-0.4, -0.2) is 6.29 Å². The number of hydrogen-bond donors (Lipinski definition) is 0. The van der Waals surface area contributed by atoms with Crippen LogP contribution in [0.4, 0.5) is 0 Å². The highest BCUT2D eigenvalue weighted by Gasteiger charge is 2.10. The Hall–Kier alpha value is -0.330. The zero-order valence-corrected chi connectivity index (χ0v) is 4.06. The summed E-state index contributed by atoms with van der Waals surface area (Å²) in [4.78, 5) is 10.8. The van der Waals surface area contributed by atoms with Gasteiger partial charge in [-0.2, -0.15) is 0 Å². The molecule has 1 aliphatic carbocycles. The van der Waals surface area contributed by atoms with Gasteiger partial charge in [-0.15, -0.1) is 0 Å². The number of aldehydes is 1. The van der Waals surface area contributed by atoms with Gasteiger partial charge >= 0.3 is 0 Å². The minimum Gasteiger partial charge on any atom is -0.303 e. The third kappa shape index (κ3) is 1.32. The fourth-order valence-electron chi connectivity index (χ4n) is 0.363. The average molecular weight is 122 g/mol. The topological polar surface area (TPSA) is 17.1 Å². The van der Waals surface area contributed by atoms with E-state index in [1.807, 2.05) is 0 Å². The van der Waals surface area contributed by atoms with Crippen LogP contribution in [0.5, 0.6) is 0 Å². The van der Waals surface area contributed by atoms with Crippen LogP contribution in [0.3, 0.4) is 0 Å². The van der Waals surface area contributed by atoms with Crippen LogP contribution < -0.4 is 0 Å². The van der Waals surface area contributed by atoms with Crippen LogP contribution in [0.2, 0.25) is 0 Å². The van der Waals surface area contributed by atoms with Crippen LogP contribution in [0.1, 0.15) is 45.6 Å². The minimum atomic E-state index is -3.42. The molecule has 0 aromatic rings. The van der Waals surface area contributed by atoms with Gasteiger partial charge in [-0.05, 0) is 12.7 Å². The Labute approximate surface area is 64.1 Å². The summed E-state index contributed by atoms with van der Waals surface area (Å²) in [7, 11) is 0. The van der Waals surface area contributed by atoms with E-state index in [0.717, 1.165) is 0 Å². The first-order valence-corrected chi connectivity index (χ1v) is 2.15. The summed E-state index contributed by atoms with van der Waals surface area (Å²) in [5.41, 5.74) is 0. The lowest BCUT2D eigenvalue weighted by Gasteiger charge is -2.14. The van der Waals surface area contributed by atoms with Crippen molar-refractivity contribution >= 4 is 6.29 Å². The molecule has 0 radical (unpaired) electrons. The first-order chi connectivity index (χ1) is 7.69. The molecule has 0 heterocycles. The molecule has 0 spiro atoms. The monoisotopic (exact) mass is 122 g/mol. The SMILES string of the molecule is [2H]C1([2H])C(C=O)C([2H])([2H])C([2H])([2H])C([2H])([2H])C1([2H])[2H]. The first-order valence-electron chi connectivity index (χ1n) is 7.15. The maximum atomic E-state index is 10.8. The second-order valence-corrected chi connectivity index (χ2v) is 1.28. The third-order valence-electron chi connectivity index (χ3n) is 0.716. The van der Waals surface area contributed by atoms with Gasteiger partial charge in [-0.3, -0.25) is 0 Å². The number of rotatable bonds is 1. The number of hydrogen-bond acceptors (Lipinski definition) is 1. The molecule has 0 unspecified atom stereocenters. The Morgan fingerprint density at radius 3 is 2.50 bits per heavy atom. The van der Waals surface area contributed by atoms with Crippen molar-refractivity contribution in [1.29, 1.82) is 0 Å². The quantitative estimate of drug-likeness (QED) is 0.484. The van der Waals surface area contributed by atoms with E-state index < -0.39 is 37.8 Å². The molecule has 0 saturated heterocycles. The van der Waals surface area contributed by atoms with Crippen molar-refractivity contribution in [1.82, 2.24) is 0 Å². The largest absolute Gasteiger partial charge is 0.303 e. The minimum absolute atomic E-state index is 0.190. The Kier molecular flexibility index (Phi) is 0.390. The van der Waals surface area contributed by atoms with Crippen molar-refractivity contribution < 1.29 is 18.5 Å². The van der Waals surface area contributed by atoms with Crippen molar-refractivity contribution in [2.75, 3.05) is 0 Å². The molecular formula is C7H12O. The van der Waals surface area contributed by atoms with Crippen LogP contribution >= 0.6 is 0 Å². The highest BCUT2D eigenvalue weighted by Crippen LogP contribution is 2.21. The summed E-state index contributed by atoms with van der Waals surface area (Å²) in [6.45, 7) is 0. The molecule has 0 aliphatic heterocycles. The van der Waals surface area contributed by atoms with E-state index in [1.54, 1.807) is 0 Å². The highest BCUT2D eigenvalue weighted by molar-refractivity contribution is 5.53. The van der Waals surface area contributed by atoms with E-state index in [0.29, 0.717) is 0 Å². The lowest BCUT2D eigenvalue weighted by atomic mass is 9.91. The van der Waals surface area contributed by atoms with Crippen molar-refractivity contribution in [3.8, 4) is 0 Å². The van der Waals surface area contributed by atoms with Crippen molar-refractivity contribution in [3.63, 3.8) is 0 Å². The molecule has 0 aromatic heterocycles. The number of carbonyl (C=O) groups excluding carboxylic acids is 1. The van der Waals surface area contributed by atoms with E-state index in [4.69, 9.17) is 13.7 Å². The summed E-state index contributed by atoms with van der Waals surface area (Å²) in [6.07, 6.45) is -16.6. The molecule has 0 amide bonds. The second-order valence-electron chi connectivity index (χ2n) is 1.28. The van der Waals surface area contributed by atoms with Crippen LogP contribution in [0.25, 0.3) is 0 Å². The van der Waals surface area contributed by atoms with E-state index in [-0.39, 0.29) is 6.29 Å². The predicted octanol–water partition coefficient (Wildman–Crippen LogP) is 1.77. The van der Waals surface area contributed by atoms with Gasteiger partial charge in [0.15, 0.2) is 0 Å². The molecular weight excluding hydrogens is 100 g/mol. The van der Waals surface area contributed by atoms with Gasteiger partial charge in [0.05, 0.1) is 0 Å². The average Bonchev–Trinajstić information content (AvgIpc) is 2.15. The van der Waals surface area contributed by atoms with Crippen molar-refractivity contribution in [2.45, 2.75) is 31.9 Å². The molecule has 0 atom stereocenters. The van der Waals surface area contributed by atoms with Crippen molar-refractivity contribution in [3.05, 3.63) is 0 Å². The van der Waals surface area contributed by atoms with Gasteiger partial charge in [-0.1, -0.05) is 19.1 Å². The second kappa shape index (κ2) is 2.85. The summed E-state index contributed by atoms with van der Waals surface area (Å²) in [5.74, 6) is -2.24. The van der Waals surface area contributed by atoms with Crippen LogP contribution in [0, 0.1) is 5.92 Å². The molecule has 1 saturated carbocycles. The van der Waals surface area contributed by atoms with E-state index >= 15 is 0 Å². The molecule has 1 rings (SSSR count). The molecule has 1 nitrogen and oxygen atoms in total. The molecule has 1 fully saturated rings. The van der Waals surface area contributed by atoms with E-state index in [1.165, 1.54) is 0 Å². The molecule has 0 N–H and O–H groups in total. The Balaban J connectivity index is 3.64. The zero-order valence-electron chi connectivity index (χ0n) is 14.1. The van der Waals surface area contributed by atoms with Crippen molar-refractivity contribution in [2.24, 2.45) is 5.92 Å². The summed E-state index contributed by atoms with van der Waals surface area (Å²) < 4.78 is 74.6. The smallest absolute Gasteiger partial charge is 0.123 e. The lowest BCUT2D eigenvalue weighted by molar-refractivity contribution is -0.111. The molecule has 0 aromatic carbocycles.